The summed E-state index contributed by atoms with van der Waals surface area (Å²) in [6, 6.07) is 0. The van der Waals surface area contributed by atoms with Gasteiger partial charge in [0.1, 0.15) is 13.2 Å². The molecule has 0 saturated carbocycles. The molecular formula is C7H11O3. The fraction of sp³-hybridized carbons (Fsp3) is 0.429. The van der Waals surface area contributed by atoms with E-state index >= 15 is 0 Å². The van der Waals surface area contributed by atoms with Gasteiger partial charge in [-0.15, -0.1) is 0 Å². The second kappa shape index (κ2) is 6.29. The number of rotatable bonds is 6. The van der Waals surface area contributed by atoms with Gasteiger partial charge in [-0.05, 0) is 6.92 Å². The van der Waals surface area contributed by atoms with Crippen molar-refractivity contribution in [3.63, 3.8) is 0 Å². The summed E-state index contributed by atoms with van der Waals surface area (Å²) in [7, 11) is 0. The molecule has 0 heterocycles. The Morgan fingerprint density at radius 3 is 2.60 bits per heavy atom. The Hall–Kier alpha value is -0.830. The molecule has 3 heteroatoms. The van der Waals surface area contributed by atoms with Crippen molar-refractivity contribution in [3.8, 4) is 0 Å². The summed E-state index contributed by atoms with van der Waals surface area (Å²) in [5.74, 6) is -0.0985. The summed E-state index contributed by atoms with van der Waals surface area (Å²) in [5, 5.41) is 0. The van der Waals surface area contributed by atoms with E-state index in [0.717, 1.165) is 6.61 Å². The van der Waals surface area contributed by atoms with Gasteiger partial charge in [-0.3, -0.25) is 4.79 Å². The zero-order chi connectivity index (χ0) is 7.82. The van der Waals surface area contributed by atoms with Crippen LogP contribution in [0.2, 0.25) is 0 Å². The van der Waals surface area contributed by atoms with Gasteiger partial charge in [0.2, 0.25) is 0 Å². The lowest BCUT2D eigenvalue weighted by Gasteiger charge is -1.99. The first-order chi connectivity index (χ1) is 4.77. The molecule has 57 valence electrons. The molecule has 0 spiro atoms. The lowest BCUT2D eigenvalue weighted by Crippen LogP contribution is -2.02. The van der Waals surface area contributed by atoms with Gasteiger partial charge in [0.05, 0.1) is 12.9 Å². The van der Waals surface area contributed by atoms with Crippen LogP contribution in [0.4, 0.5) is 0 Å². The van der Waals surface area contributed by atoms with E-state index in [1.165, 1.54) is 13.2 Å². The Bertz CT molecular complexity index is 109. The monoisotopic (exact) mass is 143 g/mol. The predicted molar refractivity (Wildman–Crippen MR) is 37.1 cm³/mol. The van der Waals surface area contributed by atoms with Gasteiger partial charge in [-0.25, -0.2) is 0 Å². The summed E-state index contributed by atoms with van der Waals surface area (Å²) < 4.78 is 9.47. The van der Waals surface area contributed by atoms with Crippen molar-refractivity contribution >= 4 is 5.78 Å². The molecule has 0 fully saturated rings. The Labute approximate surface area is 60.6 Å². The number of ketones is 1. The predicted octanol–water partition coefficient (Wildman–Crippen LogP) is 0.914. The standard InChI is InChI=1S/C7H11O3/c1-3-9-4-5-10-6-7(2)8/h3,6H,1,4-5H2,2H3. The Morgan fingerprint density at radius 1 is 1.50 bits per heavy atom. The molecule has 0 aromatic carbocycles. The lowest BCUT2D eigenvalue weighted by molar-refractivity contribution is -0.117. The summed E-state index contributed by atoms with van der Waals surface area (Å²) in [6.07, 6.45) is 1.33. The van der Waals surface area contributed by atoms with Crippen molar-refractivity contribution in [2.75, 3.05) is 13.2 Å². The number of Topliss-reactive ketones (excluding diaryl/α,β-unsaturated/α-hetero) is 1. The third-order valence-corrected chi connectivity index (χ3v) is 0.686. The fourth-order valence-electron chi connectivity index (χ4n) is 0.356. The topological polar surface area (TPSA) is 35.5 Å². The highest BCUT2D eigenvalue weighted by molar-refractivity contribution is 5.82. The quantitative estimate of drug-likeness (QED) is 0.409. The highest BCUT2D eigenvalue weighted by Gasteiger charge is 1.92. The van der Waals surface area contributed by atoms with Crippen molar-refractivity contribution in [3.05, 3.63) is 19.4 Å². The summed E-state index contributed by atoms with van der Waals surface area (Å²) in [6.45, 7) is 6.73. The van der Waals surface area contributed by atoms with Gasteiger partial charge in [0, 0.05) is 0 Å². The molecule has 0 amide bonds. The molecule has 0 bridgehead atoms. The molecule has 0 aromatic heterocycles. The maximum absolute atomic E-state index is 10.2. The highest BCUT2D eigenvalue weighted by atomic mass is 16.5. The van der Waals surface area contributed by atoms with E-state index in [-0.39, 0.29) is 5.78 Å². The summed E-state index contributed by atoms with van der Waals surface area (Å²) in [5.41, 5.74) is 0. The van der Waals surface area contributed by atoms with Gasteiger partial charge < -0.3 is 9.47 Å². The minimum atomic E-state index is -0.0985. The minimum absolute atomic E-state index is 0.0985. The first-order valence-electron chi connectivity index (χ1n) is 2.95. The van der Waals surface area contributed by atoms with Gasteiger partial charge in [0.25, 0.3) is 0 Å². The molecule has 0 atom stereocenters. The zero-order valence-corrected chi connectivity index (χ0v) is 6.00. The molecule has 0 N–H and O–H groups in total. The van der Waals surface area contributed by atoms with E-state index < -0.39 is 0 Å². The molecule has 0 aliphatic heterocycles. The molecule has 0 unspecified atom stereocenters. The Morgan fingerprint density at radius 2 is 2.10 bits per heavy atom. The van der Waals surface area contributed by atoms with Crippen LogP contribution in [0.25, 0.3) is 0 Å². The molecule has 10 heavy (non-hydrogen) atoms. The van der Waals surface area contributed by atoms with Gasteiger partial charge in [-0.2, -0.15) is 0 Å². The number of ether oxygens (including phenoxy) is 2. The Balaban J connectivity index is 2.90. The van der Waals surface area contributed by atoms with Gasteiger partial charge in [-0.1, -0.05) is 6.58 Å². The van der Waals surface area contributed by atoms with E-state index in [1.807, 2.05) is 0 Å². The highest BCUT2D eigenvalue weighted by Crippen LogP contribution is 1.83. The largest absolute Gasteiger partial charge is 0.499 e. The van der Waals surface area contributed by atoms with Crippen LogP contribution in [0.15, 0.2) is 12.8 Å². The molecule has 3 nitrogen and oxygen atoms in total. The number of carbonyl (C=O) groups is 1. The molecule has 1 radical (unpaired) electrons. The van der Waals surface area contributed by atoms with Crippen LogP contribution < -0.4 is 0 Å². The molecule has 0 aliphatic carbocycles. The van der Waals surface area contributed by atoms with Crippen LogP contribution in [0.1, 0.15) is 6.92 Å². The van der Waals surface area contributed by atoms with Crippen LogP contribution >= 0.6 is 0 Å². The minimum Gasteiger partial charge on any atom is -0.499 e. The fourth-order valence-corrected chi connectivity index (χ4v) is 0.356. The second-order valence-electron chi connectivity index (χ2n) is 1.64. The van der Waals surface area contributed by atoms with Gasteiger partial charge in [0.15, 0.2) is 5.78 Å². The van der Waals surface area contributed by atoms with Crippen LogP contribution in [0.5, 0.6) is 0 Å². The first kappa shape index (κ1) is 9.17. The van der Waals surface area contributed by atoms with Crippen LogP contribution in [0.3, 0.4) is 0 Å². The van der Waals surface area contributed by atoms with Gasteiger partial charge >= 0.3 is 0 Å². The third-order valence-electron chi connectivity index (χ3n) is 0.686. The number of carbonyl (C=O) groups excluding carboxylic acids is 1. The normalized spacial score (nSPS) is 8.90. The van der Waals surface area contributed by atoms with Crippen molar-refractivity contribution in [1.82, 2.24) is 0 Å². The Kier molecular flexibility index (Phi) is 5.77. The van der Waals surface area contributed by atoms with E-state index in [9.17, 15) is 4.79 Å². The van der Waals surface area contributed by atoms with E-state index in [0.29, 0.717) is 13.2 Å². The maximum Gasteiger partial charge on any atom is 0.161 e. The average Bonchev–Trinajstić information content (AvgIpc) is 1.87. The van der Waals surface area contributed by atoms with Crippen molar-refractivity contribution < 1.29 is 14.3 Å². The smallest absolute Gasteiger partial charge is 0.161 e. The molecule has 0 rings (SSSR count). The average molecular weight is 143 g/mol. The van der Waals surface area contributed by atoms with Crippen molar-refractivity contribution in [1.29, 1.82) is 0 Å². The zero-order valence-electron chi connectivity index (χ0n) is 6.00. The van der Waals surface area contributed by atoms with E-state index in [2.05, 4.69) is 6.58 Å². The molecule has 0 aromatic rings. The SMILES string of the molecule is C=COCCO[CH]C(C)=O. The molecular weight excluding hydrogens is 132 g/mol. The lowest BCUT2D eigenvalue weighted by atomic mass is 10.5. The number of hydrogen-bond acceptors (Lipinski definition) is 3. The second-order valence-corrected chi connectivity index (χ2v) is 1.64. The van der Waals surface area contributed by atoms with Crippen LogP contribution in [0, 0.1) is 6.61 Å². The first-order valence-corrected chi connectivity index (χ1v) is 2.95. The summed E-state index contributed by atoms with van der Waals surface area (Å²) >= 11 is 0. The van der Waals surface area contributed by atoms with E-state index in [4.69, 9.17) is 9.47 Å². The van der Waals surface area contributed by atoms with Crippen LogP contribution in [-0.2, 0) is 14.3 Å². The molecule has 0 aliphatic rings. The van der Waals surface area contributed by atoms with Crippen molar-refractivity contribution in [2.24, 2.45) is 0 Å². The van der Waals surface area contributed by atoms with Crippen molar-refractivity contribution in [2.45, 2.75) is 6.92 Å². The third kappa shape index (κ3) is 7.17. The maximum atomic E-state index is 10.2. The summed E-state index contributed by atoms with van der Waals surface area (Å²) in [4.78, 5) is 10.2. The van der Waals surface area contributed by atoms with Crippen LogP contribution in [-0.4, -0.2) is 19.0 Å². The number of hydrogen-bond donors (Lipinski definition) is 0. The van der Waals surface area contributed by atoms with E-state index in [1.54, 1.807) is 0 Å². The molecule has 0 saturated heterocycles.